The van der Waals surface area contributed by atoms with Crippen molar-refractivity contribution >= 4 is 46.4 Å². The van der Waals surface area contributed by atoms with Crippen molar-refractivity contribution in [3.63, 3.8) is 0 Å². The number of amides is 2. The molecule has 0 radical (unpaired) electrons. The van der Waals surface area contributed by atoms with Crippen molar-refractivity contribution in [3.05, 3.63) is 58.1 Å². The van der Waals surface area contributed by atoms with Gasteiger partial charge in [-0.2, -0.15) is 0 Å². The molecule has 21 heavy (non-hydrogen) atoms. The van der Waals surface area contributed by atoms with E-state index in [0.717, 1.165) is 5.56 Å². The van der Waals surface area contributed by atoms with Crippen molar-refractivity contribution < 1.29 is 9.59 Å². The molecule has 0 heterocycles. The summed E-state index contributed by atoms with van der Waals surface area (Å²) in [5.74, 6) is -1.58. The summed E-state index contributed by atoms with van der Waals surface area (Å²) in [7, 11) is 0. The number of benzene rings is 2. The van der Waals surface area contributed by atoms with Gasteiger partial charge in [-0.25, -0.2) is 0 Å². The SMILES string of the molecule is Cc1cccc(NC(=O)C(=O)Nc2ccc(Cl)cc2Cl)c1. The molecule has 0 aliphatic carbocycles. The zero-order chi connectivity index (χ0) is 15.4. The van der Waals surface area contributed by atoms with E-state index in [9.17, 15) is 9.59 Å². The van der Waals surface area contributed by atoms with Crippen LogP contribution in [0.2, 0.25) is 10.0 Å². The molecule has 0 aliphatic heterocycles. The van der Waals surface area contributed by atoms with Gasteiger partial charge >= 0.3 is 11.8 Å². The fraction of sp³-hybridized carbons (Fsp3) is 0.0667. The van der Waals surface area contributed by atoms with E-state index in [1.807, 2.05) is 13.0 Å². The molecule has 2 N–H and O–H groups in total. The second-order valence-electron chi connectivity index (χ2n) is 4.40. The summed E-state index contributed by atoms with van der Waals surface area (Å²) in [6.07, 6.45) is 0. The number of anilines is 2. The van der Waals surface area contributed by atoms with Gasteiger partial charge in [-0.15, -0.1) is 0 Å². The molecule has 0 unspecified atom stereocenters. The number of rotatable bonds is 2. The van der Waals surface area contributed by atoms with Crippen LogP contribution in [0.3, 0.4) is 0 Å². The molecule has 0 saturated heterocycles. The Bertz CT molecular complexity index is 702. The number of carbonyl (C=O) groups is 2. The van der Waals surface area contributed by atoms with Crippen LogP contribution in [0.5, 0.6) is 0 Å². The van der Waals surface area contributed by atoms with Crippen molar-refractivity contribution in [1.29, 1.82) is 0 Å². The summed E-state index contributed by atoms with van der Waals surface area (Å²) in [6.45, 7) is 1.89. The number of carbonyl (C=O) groups excluding carboxylic acids is 2. The third-order valence-electron chi connectivity index (χ3n) is 2.66. The molecule has 0 bridgehead atoms. The van der Waals surface area contributed by atoms with Gasteiger partial charge in [0.05, 0.1) is 10.7 Å². The number of hydrogen-bond acceptors (Lipinski definition) is 2. The van der Waals surface area contributed by atoms with Crippen LogP contribution in [0.4, 0.5) is 11.4 Å². The fourth-order valence-electron chi connectivity index (χ4n) is 1.68. The zero-order valence-corrected chi connectivity index (χ0v) is 12.6. The Labute approximate surface area is 132 Å². The Morgan fingerprint density at radius 3 is 2.33 bits per heavy atom. The van der Waals surface area contributed by atoms with E-state index in [1.165, 1.54) is 12.1 Å². The number of hydrogen-bond donors (Lipinski definition) is 2. The van der Waals surface area contributed by atoms with Gasteiger partial charge in [-0.05, 0) is 42.8 Å². The second kappa shape index (κ2) is 6.61. The number of aryl methyl sites for hydroxylation is 1. The summed E-state index contributed by atoms with van der Waals surface area (Å²) in [5, 5.41) is 5.65. The van der Waals surface area contributed by atoms with Crippen LogP contribution in [0.15, 0.2) is 42.5 Å². The topological polar surface area (TPSA) is 58.2 Å². The minimum absolute atomic E-state index is 0.263. The molecule has 0 aliphatic rings. The average Bonchev–Trinajstić information content (AvgIpc) is 2.41. The van der Waals surface area contributed by atoms with Gasteiger partial charge in [0.1, 0.15) is 0 Å². The molecular formula is C15H12Cl2N2O2. The maximum absolute atomic E-state index is 11.8. The second-order valence-corrected chi connectivity index (χ2v) is 5.25. The monoisotopic (exact) mass is 322 g/mol. The van der Waals surface area contributed by atoms with Gasteiger partial charge < -0.3 is 10.6 Å². The minimum atomic E-state index is -0.805. The lowest BCUT2D eigenvalue weighted by Gasteiger charge is -2.08. The Morgan fingerprint density at radius 1 is 0.952 bits per heavy atom. The highest BCUT2D eigenvalue weighted by Gasteiger charge is 2.15. The molecule has 0 saturated carbocycles. The van der Waals surface area contributed by atoms with Gasteiger partial charge in [-0.1, -0.05) is 35.3 Å². The van der Waals surface area contributed by atoms with E-state index in [1.54, 1.807) is 24.3 Å². The Balaban J connectivity index is 2.04. The molecule has 0 aromatic heterocycles. The van der Waals surface area contributed by atoms with Crippen LogP contribution in [-0.2, 0) is 9.59 Å². The lowest BCUT2D eigenvalue weighted by molar-refractivity contribution is -0.132. The first-order chi connectivity index (χ1) is 9.95. The van der Waals surface area contributed by atoms with Crippen molar-refractivity contribution in [1.82, 2.24) is 0 Å². The van der Waals surface area contributed by atoms with E-state index in [4.69, 9.17) is 23.2 Å². The number of nitrogens with one attached hydrogen (secondary N) is 2. The molecule has 4 nitrogen and oxygen atoms in total. The highest BCUT2D eigenvalue weighted by atomic mass is 35.5. The Kier molecular flexibility index (Phi) is 4.83. The highest BCUT2D eigenvalue weighted by Crippen LogP contribution is 2.25. The summed E-state index contributed by atoms with van der Waals surface area (Å²) < 4.78 is 0. The average molecular weight is 323 g/mol. The first-order valence-electron chi connectivity index (χ1n) is 6.10. The van der Waals surface area contributed by atoms with Gasteiger partial charge in [0.2, 0.25) is 0 Å². The third-order valence-corrected chi connectivity index (χ3v) is 3.21. The van der Waals surface area contributed by atoms with E-state index in [0.29, 0.717) is 16.4 Å². The van der Waals surface area contributed by atoms with E-state index < -0.39 is 11.8 Å². The Hall–Kier alpha value is -2.04. The lowest BCUT2D eigenvalue weighted by atomic mass is 10.2. The standard InChI is InChI=1S/C15H12Cl2N2O2/c1-9-3-2-4-11(7-9)18-14(20)15(21)19-13-6-5-10(16)8-12(13)17/h2-8H,1H3,(H,18,20)(H,19,21). The van der Waals surface area contributed by atoms with Crippen molar-refractivity contribution in [3.8, 4) is 0 Å². The molecule has 0 spiro atoms. The predicted molar refractivity (Wildman–Crippen MR) is 84.9 cm³/mol. The summed E-state index contributed by atoms with van der Waals surface area (Å²) in [4.78, 5) is 23.6. The highest BCUT2D eigenvalue weighted by molar-refractivity contribution is 6.45. The maximum atomic E-state index is 11.8. The maximum Gasteiger partial charge on any atom is 0.314 e. The molecular weight excluding hydrogens is 311 g/mol. The Morgan fingerprint density at radius 2 is 1.67 bits per heavy atom. The first kappa shape index (κ1) is 15.4. The fourth-order valence-corrected chi connectivity index (χ4v) is 2.14. The van der Waals surface area contributed by atoms with Crippen LogP contribution < -0.4 is 10.6 Å². The molecule has 2 rings (SSSR count). The smallest absolute Gasteiger partial charge is 0.314 e. The van der Waals surface area contributed by atoms with Gasteiger partial charge in [0, 0.05) is 10.7 Å². The molecule has 2 amide bonds. The summed E-state index contributed by atoms with van der Waals surface area (Å²) in [5.41, 5.74) is 1.86. The van der Waals surface area contributed by atoms with Crippen molar-refractivity contribution in [2.45, 2.75) is 6.92 Å². The molecule has 6 heteroatoms. The third kappa shape index (κ3) is 4.21. The van der Waals surface area contributed by atoms with Gasteiger partial charge in [0.15, 0.2) is 0 Å². The van der Waals surface area contributed by atoms with Crippen LogP contribution in [0, 0.1) is 6.92 Å². The summed E-state index contributed by atoms with van der Waals surface area (Å²) in [6, 6.07) is 11.7. The lowest BCUT2D eigenvalue weighted by Crippen LogP contribution is -2.29. The molecule has 2 aromatic carbocycles. The van der Waals surface area contributed by atoms with Crippen LogP contribution in [0.1, 0.15) is 5.56 Å². The molecule has 2 aromatic rings. The quantitative estimate of drug-likeness (QED) is 0.824. The number of halogens is 2. The van der Waals surface area contributed by atoms with Crippen LogP contribution >= 0.6 is 23.2 Å². The summed E-state index contributed by atoms with van der Waals surface area (Å²) >= 11 is 11.7. The van der Waals surface area contributed by atoms with Gasteiger partial charge in [0.25, 0.3) is 0 Å². The zero-order valence-electron chi connectivity index (χ0n) is 11.1. The normalized spacial score (nSPS) is 10.0. The molecule has 0 atom stereocenters. The minimum Gasteiger partial charge on any atom is -0.318 e. The first-order valence-corrected chi connectivity index (χ1v) is 6.85. The van der Waals surface area contributed by atoms with E-state index >= 15 is 0 Å². The van der Waals surface area contributed by atoms with Crippen LogP contribution in [0.25, 0.3) is 0 Å². The van der Waals surface area contributed by atoms with Crippen molar-refractivity contribution in [2.75, 3.05) is 10.6 Å². The van der Waals surface area contributed by atoms with Gasteiger partial charge in [-0.3, -0.25) is 9.59 Å². The largest absolute Gasteiger partial charge is 0.318 e. The van der Waals surface area contributed by atoms with E-state index in [2.05, 4.69) is 10.6 Å². The molecule has 108 valence electrons. The van der Waals surface area contributed by atoms with E-state index in [-0.39, 0.29) is 5.02 Å². The molecule has 0 fully saturated rings. The van der Waals surface area contributed by atoms with Crippen LogP contribution in [-0.4, -0.2) is 11.8 Å². The van der Waals surface area contributed by atoms with Crippen molar-refractivity contribution in [2.24, 2.45) is 0 Å². The predicted octanol–water partition coefficient (Wildman–Crippen LogP) is 3.88.